The smallest absolute Gasteiger partial charge is 0.205 e. The average Bonchev–Trinajstić information content (AvgIpc) is 2.89. The quantitative estimate of drug-likeness (QED) is 0.854. The van der Waals surface area contributed by atoms with Crippen molar-refractivity contribution in [2.75, 3.05) is 37.6 Å². The molecule has 21 heavy (non-hydrogen) atoms. The van der Waals surface area contributed by atoms with Gasteiger partial charge in [-0.1, -0.05) is 6.92 Å². The maximum Gasteiger partial charge on any atom is 0.205 e. The molecule has 1 aromatic heterocycles. The van der Waals surface area contributed by atoms with Gasteiger partial charge in [0.25, 0.3) is 0 Å². The Kier molecular flexibility index (Phi) is 5.08. The molecule has 0 amide bonds. The van der Waals surface area contributed by atoms with Crippen LogP contribution in [0.2, 0.25) is 0 Å². The number of hydrogen-bond donors (Lipinski definition) is 0. The van der Waals surface area contributed by atoms with Crippen LogP contribution in [0.1, 0.15) is 32.0 Å². The third kappa shape index (κ3) is 3.95. The Bertz CT molecular complexity index is 476. The van der Waals surface area contributed by atoms with Gasteiger partial charge in [0.1, 0.15) is 11.9 Å². The maximum atomic E-state index is 5.69. The summed E-state index contributed by atoms with van der Waals surface area (Å²) in [6.07, 6.45) is 8.75. The molecule has 1 saturated heterocycles. The Morgan fingerprint density at radius 2 is 2.29 bits per heavy atom. The second-order valence-corrected chi connectivity index (χ2v) is 6.43. The zero-order chi connectivity index (χ0) is 14.5. The first kappa shape index (κ1) is 14.8. The lowest BCUT2D eigenvalue weighted by atomic mass is 10.1. The summed E-state index contributed by atoms with van der Waals surface area (Å²) in [6.45, 7) is 7.52. The van der Waals surface area contributed by atoms with Crippen LogP contribution < -0.4 is 4.90 Å². The molecule has 0 spiro atoms. The van der Waals surface area contributed by atoms with Crippen molar-refractivity contribution in [3.05, 3.63) is 18.2 Å². The monoisotopic (exact) mass is 308 g/mol. The van der Waals surface area contributed by atoms with Crippen LogP contribution in [0.25, 0.3) is 0 Å². The first-order valence-electron chi connectivity index (χ1n) is 7.95. The first-order chi connectivity index (χ1) is 10.3. The third-order valence-corrected chi connectivity index (χ3v) is 4.93. The zero-order valence-corrected chi connectivity index (χ0v) is 13.5. The minimum absolute atomic E-state index is 0.370. The minimum atomic E-state index is 0.370. The van der Waals surface area contributed by atoms with Crippen LogP contribution in [-0.2, 0) is 11.2 Å². The molecule has 0 bridgehead atoms. The average molecular weight is 308 g/mol. The van der Waals surface area contributed by atoms with E-state index in [4.69, 9.17) is 4.74 Å². The normalized spacial score (nSPS) is 23.9. The topological polar surface area (TPSA) is 41.5 Å². The molecule has 0 aliphatic carbocycles. The lowest BCUT2D eigenvalue weighted by Gasteiger charge is -2.27. The maximum absolute atomic E-state index is 5.69. The summed E-state index contributed by atoms with van der Waals surface area (Å²) in [4.78, 5) is 9.54. The predicted molar refractivity (Wildman–Crippen MR) is 85.8 cm³/mol. The number of rotatable bonds is 4. The largest absolute Gasteiger partial charge is 0.497 e. The molecular formula is C15H24N4OS. The van der Waals surface area contributed by atoms with E-state index in [9.17, 15) is 0 Å². The molecule has 2 aliphatic rings. The van der Waals surface area contributed by atoms with Crippen LogP contribution in [0.4, 0.5) is 5.13 Å². The SMILES string of the molecule is CCc1nsc(N2CCCN(C[C@@H]3CCC=CO3)CC2)n1. The standard InChI is InChI=1S/C15H24N4OS/c1-2-14-16-15(21-17-14)19-8-5-7-18(9-10-19)12-13-6-3-4-11-20-13/h4,11,13H,2-3,5-10,12H2,1H3/t13-/m0/s1. The third-order valence-electron chi connectivity index (χ3n) is 4.12. The number of allylic oxidation sites excluding steroid dienone is 1. The summed E-state index contributed by atoms with van der Waals surface area (Å²) >= 11 is 1.54. The molecule has 3 rings (SSSR count). The second kappa shape index (κ2) is 7.22. The summed E-state index contributed by atoms with van der Waals surface area (Å²) in [6, 6.07) is 0. The fraction of sp³-hybridized carbons (Fsp3) is 0.733. The van der Waals surface area contributed by atoms with Gasteiger partial charge in [-0.25, -0.2) is 4.98 Å². The summed E-state index contributed by atoms with van der Waals surface area (Å²) in [5.74, 6) is 0.971. The highest BCUT2D eigenvalue weighted by molar-refractivity contribution is 7.09. The Morgan fingerprint density at radius 3 is 3.05 bits per heavy atom. The Balaban J connectivity index is 1.52. The van der Waals surface area contributed by atoms with E-state index < -0.39 is 0 Å². The second-order valence-electron chi connectivity index (χ2n) is 5.70. The van der Waals surface area contributed by atoms with Crippen molar-refractivity contribution < 1.29 is 4.74 Å². The van der Waals surface area contributed by atoms with Crippen molar-refractivity contribution in [3.8, 4) is 0 Å². The summed E-state index contributed by atoms with van der Waals surface area (Å²) < 4.78 is 10.1. The zero-order valence-electron chi connectivity index (χ0n) is 12.7. The number of anilines is 1. The molecule has 0 saturated carbocycles. The highest BCUT2D eigenvalue weighted by atomic mass is 32.1. The number of ether oxygens (including phenoxy) is 1. The van der Waals surface area contributed by atoms with Crippen molar-refractivity contribution in [2.24, 2.45) is 0 Å². The lowest BCUT2D eigenvalue weighted by Crippen LogP contribution is -2.37. The number of aryl methyl sites for hydroxylation is 1. The van der Waals surface area contributed by atoms with E-state index in [1.165, 1.54) is 18.0 Å². The van der Waals surface area contributed by atoms with Gasteiger partial charge in [-0.2, -0.15) is 4.37 Å². The molecule has 0 radical (unpaired) electrons. The van der Waals surface area contributed by atoms with Crippen molar-refractivity contribution in [2.45, 2.75) is 38.7 Å². The summed E-state index contributed by atoms with van der Waals surface area (Å²) in [5.41, 5.74) is 0. The summed E-state index contributed by atoms with van der Waals surface area (Å²) in [7, 11) is 0. The predicted octanol–water partition coefficient (Wildman–Crippen LogP) is 2.31. The Hall–Kier alpha value is -1.14. The molecule has 0 unspecified atom stereocenters. The van der Waals surface area contributed by atoms with Crippen LogP contribution in [0.15, 0.2) is 12.3 Å². The highest BCUT2D eigenvalue weighted by Gasteiger charge is 2.21. The van der Waals surface area contributed by atoms with Gasteiger partial charge in [0, 0.05) is 50.7 Å². The van der Waals surface area contributed by atoms with E-state index in [1.807, 2.05) is 6.26 Å². The van der Waals surface area contributed by atoms with E-state index >= 15 is 0 Å². The number of hydrogen-bond acceptors (Lipinski definition) is 6. The molecule has 1 aromatic rings. The number of nitrogens with zero attached hydrogens (tertiary/aromatic N) is 4. The van der Waals surface area contributed by atoms with Crippen LogP contribution in [0.5, 0.6) is 0 Å². The molecule has 0 N–H and O–H groups in total. The van der Waals surface area contributed by atoms with Crippen LogP contribution in [0.3, 0.4) is 0 Å². The summed E-state index contributed by atoms with van der Waals surface area (Å²) in [5, 5.41) is 1.09. The highest BCUT2D eigenvalue weighted by Crippen LogP contribution is 2.20. The van der Waals surface area contributed by atoms with Gasteiger partial charge in [-0.3, -0.25) is 4.90 Å². The fourth-order valence-electron chi connectivity index (χ4n) is 2.87. The molecule has 116 valence electrons. The van der Waals surface area contributed by atoms with Crippen molar-refractivity contribution in [1.29, 1.82) is 0 Å². The fourth-order valence-corrected chi connectivity index (χ4v) is 3.67. The minimum Gasteiger partial charge on any atom is -0.497 e. The molecule has 6 heteroatoms. The van der Waals surface area contributed by atoms with E-state index in [0.717, 1.165) is 62.9 Å². The van der Waals surface area contributed by atoms with Gasteiger partial charge in [0.2, 0.25) is 5.13 Å². The van der Waals surface area contributed by atoms with Gasteiger partial charge in [-0.05, 0) is 25.3 Å². The van der Waals surface area contributed by atoms with Crippen molar-refractivity contribution in [3.63, 3.8) is 0 Å². The molecule has 0 aromatic carbocycles. The van der Waals surface area contributed by atoms with Gasteiger partial charge in [0.05, 0.1) is 6.26 Å². The lowest BCUT2D eigenvalue weighted by molar-refractivity contribution is 0.0815. The molecule has 1 fully saturated rings. The molecule has 5 nitrogen and oxygen atoms in total. The van der Waals surface area contributed by atoms with Crippen LogP contribution >= 0.6 is 11.5 Å². The molecule has 2 aliphatic heterocycles. The molecular weight excluding hydrogens is 284 g/mol. The molecule has 1 atom stereocenters. The van der Waals surface area contributed by atoms with Crippen molar-refractivity contribution in [1.82, 2.24) is 14.3 Å². The van der Waals surface area contributed by atoms with Gasteiger partial charge in [-0.15, -0.1) is 0 Å². The van der Waals surface area contributed by atoms with Crippen LogP contribution in [0, 0.1) is 0 Å². The Labute approximate surface area is 130 Å². The van der Waals surface area contributed by atoms with Crippen molar-refractivity contribution >= 4 is 16.7 Å². The van der Waals surface area contributed by atoms with E-state index in [2.05, 4.69) is 32.2 Å². The van der Waals surface area contributed by atoms with Gasteiger partial charge >= 0.3 is 0 Å². The molecule has 3 heterocycles. The van der Waals surface area contributed by atoms with E-state index in [0.29, 0.717) is 6.10 Å². The van der Waals surface area contributed by atoms with Crippen LogP contribution in [-0.4, -0.2) is 53.1 Å². The number of aromatic nitrogens is 2. The van der Waals surface area contributed by atoms with Gasteiger partial charge in [0.15, 0.2) is 0 Å². The first-order valence-corrected chi connectivity index (χ1v) is 8.73. The van der Waals surface area contributed by atoms with E-state index in [1.54, 1.807) is 0 Å². The Morgan fingerprint density at radius 1 is 1.33 bits per heavy atom. The van der Waals surface area contributed by atoms with Gasteiger partial charge < -0.3 is 9.64 Å². The van der Waals surface area contributed by atoms with E-state index in [-0.39, 0.29) is 0 Å².